The number of carbonyl (C=O) groups is 3. The van der Waals surface area contributed by atoms with Crippen molar-refractivity contribution in [1.29, 1.82) is 0 Å². The first-order chi connectivity index (χ1) is 11.7. The van der Waals surface area contributed by atoms with Crippen molar-refractivity contribution in [2.45, 2.75) is 52.5 Å². The largest absolute Gasteiger partial charge is 0.480 e. The number of fused-ring (bicyclic) bond motifs is 1. The van der Waals surface area contributed by atoms with E-state index in [-0.39, 0.29) is 17.9 Å². The van der Waals surface area contributed by atoms with E-state index in [9.17, 15) is 19.5 Å². The number of aliphatic carboxylic acids is 1. The van der Waals surface area contributed by atoms with Crippen LogP contribution in [0, 0.1) is 5.41 Å². The minimum atomic E-state index is -1.05. The van der Waals surface area contributed by atoms with Crippen LogP contribution in [0.15, 0.2) is 24.3 Å². The third-order valence-electron chi connectivity index (χ3n) is 4.31. The highest BCUT2D eigenvalue weighted by atomic mass is 16.4. The average molecular weight is 346 g/mol. The predicted octanol–water partition coefficient (Wildman–Crippen LogP) is 2.36. The number of rotatable bonds is 6. The van der Waals surface area contributed by atoms with Crippen molar-refractivity contribution in [2.24, 2.45) is 5.41 Å². The number of anilines is 1. The molecule has 0 radical (unpaired) electrons. The van der Waals surface area contributed by atoms with Crippen molar-refractivity contribution in [2.75, 3.05) is 11.4 Å². The first kappa shape index (κ1) is 19.0. The highest BCUT2D eigenvalue weighted by Gasteiger charge is 2.28. The zero-order chi connectivity index (χ0) is 18.6. The quantitative estimate of drug-likeness (QED) is 0.828. The number of amides is 2. The van der Waals surface area contributed by atoms with Crippen LogP contribution in [0.3, 0.4) is 0 Å². The Bertz CT molecular complexity index is 664. The topological polar surface area (TPSA) is 86.7 Å². The summed E-state index contributed by atoms with van der Waals surface area (Å²) in [6.45, 7) is 5.92. The Morgan fingerprint density at radius 2 is 1.92 bits per heavy atom. The molecule has 1 atom stereocenters. The van der Waals surface area contributed by atoms with Gasteiger partial charge in [0.25, 0.3) is 0 Å². The summed E-state index contributed by atoms with van der Waals surface area (Å²) in [6, 6.07) is 6.54. The second kappa shape index (κ2) is 7.68. The van der Waals surface area contributed by atoms with Gasteiger partial charge >= 0.3 is 5.97 Å². The van der Waals surface area contributed by atoms with Gasteiger partial charge in [0.05, 0.1) is 0 Å². The van der Waals surface area contributed by atoms with Gasteiger partial charge in [-0.1, -0.05) is 39.0 Å². The van der Waals surface area contributed by atoms with Gasteiger partial charge < -0.3 is 15.3 Å². The van der Waals surface area contributed by atoms with Crippen LogP contribution in [-0.4, -0.2) is 35.5 Å². The van der Waals surface area contributed by atoms with E-state index in [1.54, 1.807) is 0 Å². The summed E-state index contributed by atoms with van der Waals surface area (Å²) in [5.41, 5.74) is 1.74. The Labute approximate surface area is 148 Å². The van der Waals surface area contributed by atoms with Gasteiger partial charge in [-0.25, -0.2) is 4.79 Å². The van der Waals surface area contributed by atoms with E-state index in [1.807, 2.05) is 45.0 Å². The van der Waals surface area contributed by atoms with Crippen molar-refractivity contribution in [3.8, 4) is 0 Å². The van der Waals surface area contributed by atoms with Crippen LogP contribution in [0.1, 0.15) is 45.6 Å². The molecule has 2 rings (SSSR count). The van der Waals surface area contributed by atoms with Gasteiger partial charge in [0.2, 0.25) is 11.8 Å². The van der Waals surface area contributed by atoms with Crippen molar-refractivity contribution in [3.63, 3.8) is 0 Å². The third kappa shape index (κ3) is 5.31. The second-order valence-electron chi connectivity index (χ2n) is 7.67. The predicted molar refractivity (Wildman–Crippen MR) is 95.4 cm³/mol. The Balaban J connectivity index is 2.03. The molecule has 0 bridgehead atoms. The van der Waals surface area contributed by atoms with E-state index in [4.69, 9.17) is 0 Å². The van der Waals surface area contributed by atoms with Crippen molar-refractivity contribution < 1.29 is 19.5 Å². The van der Waals surface area contributed by atoms with Crippen LogP contribution in [0.4, 0.5) is 5.69 Å². The van der Waals surface area contributed by atoms with Crippen LogP contribution in [0.2, 0.25) is 0 Å². The van der Waals surface area contributed by atoms with Gasteiger partial charge in [-0.15, -0.1) is 0 Å². The van der Waals surface area contributed by atoms with Gasteiger partial charge in [-0.3, -0.25) is 9.59 Å². The average Bonchev–Trinajstić information content (AvgIpc) is 2.53. The molecular weight excluding hydrogens is 320 g/mol. The number of benzene rings is 1. The lowest BCUT2D eigenvalue weighted by Crippen LogP contribution is -2.48. The van der Waals surface area contributed by atoms with E-state index in [0.29, 0.717) is 25.7 Å². The Morgan fingerprint density at radius 1 is 1.24 bits per heavy atom. The molecule has 136 valence electrons. The number of carboxylic acid groups (broad SMARTS) is 1. The van der Waals surface area contributed by atoms with Crippen LogP contribution < -0.4 is 10.2 Å². The summed E-state index contributed by atoms with van der Waals surface area (Å²) < 4.78 is 0. The van der Waals surface area contributed by atoms with Gasteiger partial charge in [0, 0.05) is 12.1 Å². The third-order valence-corrected chi connectivity index (χ3v) is 4.31. The van der Waals surface area contributed by atoms with Crippen LogP contribution in [-0.2, 0) is 20.8 Å². The molecule has 1 heterocycles. The summed E-state index contributed by atoms with van der Waals surface area (Å²) in [5, 5.41) is 11.9. The number of hydrogen-bond donors (Lipinski definition) is 2. The second-order valence-corrected chi connectivity index (χ2v) is 7.67. The van der Waals surface area contributed by atoms with Crippen molar-refractivity contribution >= 4 is 23.5 Å². The first-order valence-electron chi connectivity index (χ1n) is 8.58. The summed E-state index contributed by atoms with van der Waals surface area (Å²) in [4.78, 5) is 37.4. The summed E-state index contributed by atoms with van der Waals surface area (Å²) >= 11 is 0. The Hall–Kier alpha value is -2.37. The lowest BCUT2D eigenvalue weighted by atomic mass is 9.88. The minimum Gasteiger partial charge on any atom is -0.480 e. The number of nitrogens with one attached hydrogen (secondary N) is 1. The summed E-state index contributed by atoms with van der Waals surface area (Å²) in [7, 11) is 0. The number of hydrogen-bond acceptors (Lipinski definition) is 3. The minimum absolute atomic E-state index is 0.0137. The molecule has 1 aromatic rings. The molecule has 0 fully saturated rings. The molecule has 2 N–H and O–H groups in total. The number of carboxylic acids is 1. The maximum absolute atomic E-state index is 12.3. The van der Waals surface area contributed by atoms with Gasteiger partial charge in [-0.05, 0) is 36.3 Å². The van der Waals surface area contributed by atoms with Crippen molar-refractivity contribution in [3.05, 3.63) is 29.8 Å². The fourth-order valence-electron chi connectivity index (χ4n) is 2.89. The number of aryl methyl sites for hydroxylation is 1. The molecule has 1 aromatic carbocycles. The molecule has 1 aliphatic heterocycles. The standard InChI is InChI=1S/C19H26N2O4/c1-19(2,3)11-10-14(18(24)25)20-16(22)12-21-15-7-5-4-6-13(15)8-9-17(21)23/h4-7,14H,8-12H2,1-3H3,(H,20,22)(H,24,25). The van der Waals surface area contributed by atoms with Gasteiger partial charge in [0.1, 0.15) is 12.6 Å². The Kier molecular flexibility index (Phi) is 5.82. The monoisotopic (exact) mass is 346 g/mol. The molecule has 2 amide bonds. The van der Waals surface area contributed by atoms with Crippen LogP contribution >= 0.6 is 0 Å². The SMILES string of the molecule is CC(C)(C)CCC(NC(=O)CN1C(=O)CCc2ccccc21)C(=O)O. The molecule has 6 nitrogen and oxygen atoms in total. The molecule has 6 heteroatoms. The zero-order valence-electron chi connectivity index (χ0n) is 15.0. The zero-order valence-corrected chi connectivity index (χ0v) is 15.0. The van der Waals surface area contributed by atoms with E-state index in [2.05, 4.69) is 5.32 Å². The van der Waals surface area contributed by atoms with E-state index >= 15 is 0 Å². The lowest BCUT2D eigenvalue weighted by Gasteiger charge is -2.29. The van der Waals surface area contributed by atoms with E-state index in [1.165, 1.54) is 4.90 Å². The molecule has 0 spiro atoms. The number of nitrogens with zero attached hydrogens (tertiary/aromatic N) is 1. The number of para-hydroxylation sites is 1. The first-order valence-corrected chi connectivity index (χ1v) is 8.58. The molecule has 1 aliphatic rings. The lowest BCUT2D eigenvalue weighted by molar-refractivity contribution is -0.142. The highest BCUT2D eigenvalue weighted by molar-refractivity contribution is 6.01. The molecular formula is C19H26N2O4. The highest BCUT2D eigenvalue weighted by Crippen LogP contribution is 2.27. The molecule has 1 unspecified atom stereocenters. The smallest absolute Gasteiger partial charge is 0.326 e. The maximum atomic E-state index is 12.3. The molecule has 0 aliphatic carbocycles. The van der Waals surface area contributed by atoms with E-state index < -0.39 is 17.9 Å². The summed E-state index contributed by atoms with van der Waals surface area (Å²) in [5.74, 6) is -1.62. The fourth-order valence-corrected chi connectivity index (χ4v) is 2.89. The fraction of sp³-hybridized carbons (Fsp3) is 0.526. The molecule has 25 heavy (non-hydrogen) atoms. The summed E-state index contributed by atoms with van der Waals surface area (Å²) in [6.07, 6.45) is 2.05. The Morgan fingerprint density at radius 3 is 2.56 bits per heavy atom. The maximum Gasteiger partial charge on any atom is 0.326 e. The van der Waals surface area contributed by atoms with Crippen LogP contribution in [0.5, 0.6) is 0 Å². The van der Waals surface area contributed by atoms with E-state index in [0.717, 1.165) is 11.3 Å². The molecule has 0 saturated heterocycles. The van der Waals surface area contributed by atoms with Crippen molar-refractivity contribution in [1.82, 2.24) is 5.32 Å². The van der Waals surface area contributed by atoms with Gasteiger partial charge in [-0.2, -0.15) is 0 Å². The molecule has 0 aromatic heterocycles. The normalized spacial score (nSPS) is 15.5. The van der Waals surface area contributed by atoms with Gasteiger partial charge in [0.15, 0.2) is 0 Å². The molecule has 0 saturated carbocycles. The van der Waals surface area contributed by atoms with Crippen LogP contribution in [0.25, 0.3) is 0 Å². The number of carbonyl (C=O) groups excluding carboxylic acids is 2.